The normalized spacial score (nSPS) is 10.0. The van der Waals surface area contributed by atoms with Crippen LogP contribution in [0.15, 0.2) is 36.4 Å². The zero-order valence-corrected chi connectivity index (χ0v) is 11.9. The molecule has 0 heterocycles. The minimum atomic E-state index is -0.591. The largest absolute Gasteiger partial charge is 0.455 e. The summed E-state index contributed by atoms with van der Waals surface area (Å²) >= 11 is 11.7. The van der Waals surface area contributed by atoms with E-state index in [1.165, 1.54) is 30.3 Å². The summed E-state index contributed by atoms with van der Waals surface area (Å²) < 4.78 is 5.49. The third-order valence-electron chi connectivity index (χ3n) is 2.45. The van der Waals surface area contributed by atoms with Crippen LogP contribution in [0.1, 0.15) is 0 Å². The maximum Gasteiger partial charge on any atom is 0.275 e. The lowest BCUT2D eigenvalue weighted by Gasteiger charge is -2.09. The van der Waals surface area contributed by atoms with E-state index in [4.69, 9.17) is 27.9 Å². The molecule has 1 N–H and O–H groups in total. The van der Waals surface area contributed by atoms with Crippen molar-refractivity contribution in [3.8, 4) is 11.5 Å². The first-order valence-corrected chi connectivity index (χ1v) is 6.38. The highest BCUT2D eigenvalue weighted by molar-refractivity contribution is 6.35. The number of hydrogen-bond donors (Lipinski definition) is 1. The Kier molecular flexibility index (Phi) is 4.62. The quantitative estimate of drug-likeness (QED) is 0.505. The first-order valence-electron chi connectivity index (χ1n) is 5.62. The molecule has 0 aromatic heterocycles. The van der Waals surface area contributed by atoms with Gasteiger partial charge in [0.15, 0.2) is 0 Å². The highest BCUT2D eigenvalue weighted by Gasteiger charge is 2.12. The van der Waals surface area contributed by atoms with E-state index in [0.717, 1.165) is 0 Å². The number of nitro groups is 1. The lowest BCUT2D eigenvalue weighted by atomic mass is 10.2. The van der Waals surface area contributed by atoms with Gasteiger partial charge in [-0.3, -0.25) is 14.9 Å². The summed E-state index contributed by atoms with van der Waals surface area (Å²) in [6.45, 7) is 0. The molecule has 0 aliphatic heterocycles. The highest BCUT2D eigenvalue weighted by Crippen LogP contribution is 2.34. The number of rotatable bonds is 5. The van der Waals surface area contributed by atoms with Gasteiger partial charge in [0.2, 0.25) is 6.41 Å². The maximum absolute atomic E-state index is 10.9. The standard InChI is InChI=1S/C13H8Cl2N2O4/c14-8-1-2-13(12(15)3-8)21-11-5-9(16-7-18)4-10(6-11)17(19)20/h1-7H,(H,16,18). The van der Waals surface area contributed by atoms with Gasteiger partial charge in [-0.1, -0.05) is 23.2 Å². The van der Waals surface area contributed by atoms with Crippen molar-refractivity contribution in [1.82, 2.24) is 0 Å². The van der Waals surface area contributed by atoms with Gasteiger partial charge >= 0.3 is 0 Å². The van der Waals surface area contributed by atoms with Crippen LogP contribution >= 0.6 is 23.2 Å². The molecule has 2 rings (SSSR count). The van der Waals surface area contributed by atoms with Crippen molar-refractivity contribution >= 4 is 41.0 Å². The van der Waals surface area contributed by atoms with Gasteiger partial charge in [-0.15, -0.1) is 0 Å². The number of carbonyl (C=O) groups excluding carboxylic acids is 1. The second-order valence-electron chi connectivity index (χ2n) is 3.91. The number of benzene rings is 2. The SMILES string of the molecule is O=CNc1cc(Oc2ccc(Cl)cc2Cl)cc([N+](=O)[O-])c1. The van der Waals surface area contributed by atoms with Crippen molar-refractivity contribution in [3.63, 3.8) is 0 Å². The van der Waals surface area contributed by atoms with Crippen LogP contribution in [-0.4, -0.2) is 11.3 Å². The molecule has 8 heteroatoms. The predicted octanol–water partition coefficient (Wildman–Crippen LogP) is 4.26. The third-order valence-corrected chi connectivity index (χ3v) is 2.98. The smallest absolute Gasteiger partial charge is 0.275 e. The van der Waals surface area contributed by atoms with E-state index in [9.17, 15) is 14.9 Å². The lowest BCUT2D eigenvalue weighted by molar-refractivity contribution is -0.384. The fourth-order valence-corrected chi connectivity index (χ4v) is 2.03. The fourth-order valence-electron chi connectivity index (χ4n) is 1.58. The molecule has 0 spiro atoms. The molecule has 6 nitrogen and oxygen atoms in total. The minimum absolute atomic E-state index is 0.165. The molecule has 2 aromatic rings. The number of nitrogens with zero attached hydrogens (tertiary/aromatic N) is 1. The summed E-state index contributed by atoms with van der Waals surface area (Å²) in [5, 5.41) is 13.9. The van der Waals surface area contributed by atoms with Crippen LogP contribution in [0.5, 0.6) is 11.5 Å². The summed E-state index contributed by atoms with van der Waals surface area (Å²) in [6, 6.07) is 8.47. The van der Waals surface area contributed by atoms with Gasteiger partial charge in [0.1, 0.15) is 11.5 Å². The molecule has 0 saturated heterocycles. The Morgan fingerprint density at radius 3 is 2.57 bits per heavy atom. The summed E-state index contributed by atoms with van der Waals surface area (Å²) in [6.07, 6.45) is 0.415. The number of nitro benzene ring substituents is 1. The topological polar surface area (TPSA) is 81.5 Å². The maximum atomic E-state index is 10.9. The number of ether oxygens (including phenoxy) is 1. The zero-order chi connectivity index (χ0) is 15.4. The van der Waals surface area contributed by atoms with Gasteiger partial charge < -0.3 is 10.1 Å². The van der Waals surface area contributed by atoms with Crippen molar-refractivity contribution in [3.05, 3.63) is 56.6 Å². The Bertz CT molecular complexity index is 707. The molecular formula is C13H8Cl2N2O4. The summed E-state index contributed by atoms with van der Waals surface area (Å²) in [5.74, 6) is 0.455. The van der Waals surface area contributed by atoms with Crippen LogP contribution in [0.2, 0.25) is 10.0 Å². The monoisotopic (exact) mass is 326 g/mol. The lowest BCUT2D eigenvalue weighted by Crippen LogP contribution is -1.97. The van der Waals surface area contributed by atoms with Gasteiger partial charge in [-0.05, 0) is 18.2 Å². The molecule has 0 aliphatic rings. The van der Waals surface area contributed by atoms with Crippen molar-refractivity contribution in [1.29, 1.82) is 0 Å². The number of hydrogen-bond acceptors (Lipinski definition) is 4. The molecule has 0 unspecified atom stereocenters. The summed E-state index contributed by atoms with van der Waals surface area (Å²) in [4.78, 5) is 20.7. The highest BCUT2D eigenvalue weighted by atomic mass is 35.5. The Morgan fingerprint density at radius 1 is 1.19 bits per heavy atom. The first kappa shape index (κ1) is 15.1. The van der Waals surface area contributed by atoms with Crippen LogP contribution in [0.3, 0.4) is 0 Å². The van der Waals surface area contributed by atoms with Crippen LogP contribution in [0.4, 0.5) is 11.4 Å². The molecule has 21 heavy (non-hydrogen) atoms. The van der Waals surface area contributed by atoms with Crippen LogP contribution in [0.25, 0.3) is 0 Å². The van der Waals surface area contributed by atoms with E-state index in [0.29, 0.717) is 17.2 Å². The van der Waals surface area contributed by atoms with E-state index in [2.05, 4.69) is 5.32 Å². The average Bonchev–Trinajstić information content (AvgIpc) is 2.42. The molecule has 108 valence electrons. The molecule has 2 aromatic carbocycles. The summed E-state index contributed by atoms with van der Waals surface area (Å²) in [7, 11) is 0. The van der Waals surface area contributed by atoms with E-state index < -0.39 is 4.92 Å². The Hall–Kier alpha value is -2.31. The molecule has 0 saturated carbocycles. The average molecular weight is 327 g/mol. The van der Waals surface area contributed by atoms with Gasteiger partial charge in [-0.2, -0.15) is 0 Å². The van der Waals surface area contributed by atoms with Gasteiger partial charge in [-0.25, -0.2) is 0 Å². The van der Waals surface area contributed by atoms with Gasteiger partial charge in [0.05, 0.1) is 21.7 Å². The van der Waals surface area contributed by atoms with Crippen LogP contribution in [0, 0.1) is 10.1 Å². The van der Waals surface area contributed by atoms with Crippen LogP contribution in [-0.2, 0) is 4.79 Å². The van der Waals surface area contributed by atoms with Crippen molar-refractivity contribution in [2.24, 2.45) is 0 Å². The molecule has 1 amide bonds. The van der Waals surface area contributed by atoms with E-state index in [1.54, 1.807) is 6.07 Å². The van der Waals surface area contributed by atoms with Gasteiger partial charge in [0.25, 0.3) is 5.69 Å². The van der Waals surface area contributed by atoms with Crippen molar-refractivity contribution in [2.75, 3.05) is 5.32 Å². The Labute approximate surface area is 129 Å². The number of halogens is 2. The second-order valence-corrected chi connectivity index (χ2v) is 4.76. The molecule has 0 atom stereocenters. The van der Waals surface area contributed by atoms with Crippen LogP contribution < -0.4 is 10.1 Å². The number of anilines is 1. The van der Waals surface area contributed by atoms with Crippen molar-refractivity contribution in [2.45, 2.75) is 0 Å². The van der Waals surface area contributed by atoms with E-state index >= 15 is 0 Å². The fraction of sp³-hybridized carbons (Fsp3) is 0. The Morgan fingerprint density at radius 2 is 1.95 bits per heavy atom. The van der Waals surface area contributed by atoms with E-state index in [-0.39, 0.29) is 22.1 Å². The molecule has 0 fully saturated rings. The predicted molar refractivity (Wildman–Crippen MR) is 79.3 cm³/mol. The summed E-state index contributed by atoms with van der Waals surface area (Å²) in [5.41, 5.74) is 0.0150. The zero-order valence-electron chi connectivity index (χ0n) is 10.4. The number of carbonyl (C=O) groups is 1. The van der Waals surface area contributed by atoms with Crippen molar-refractivity contribution < 1.29 is 14.5 Å². The second kappa shape index (κ2) is 6.43. The molecule has 0 bridgehead atoms. The Balaban J connectivity index is 2.38. The molecule has 0 radical (unpaired) electrons. The number of nitrogens with one attached hydrogen (secondary N) is 1. The third kappa shape index (κ3) is 3.84. The molecule has 0 aliphatic carbocycles. The number of non-ortho nitro benzene ring substituents is 1. The molecular weight excluding hydrogens is 319 g/mol. The number of amides is 1. The van der Waals surface area contributed by atoms with Gasteiger partial charge in [0, 0.05) is 17.2 Å². The first-order chi connectivity index (χ1) is 9.99. The minimum Gasteiger partial charge on any atom is -0.455 e. The van der Waals surface area contributed by atoms with E-state index in [1.807, 2.05) is 0 Å².